The molecule has 0 bridgehead atoms. The van der Waals surface area contributed by atoms with Crippen LogP contribution in [0.4, 0.5) is 0 Å². The van der Waals surface area contributed by atoms with E-state index < -0.39 is 0 Å². The molecule has 0 aromatic heterocycles. The summed E-state index contributed by atoms with van der Waals surface area (Å²) in [5.74, 6) is 0. The fourth-order valence-electron chi connectivity index (χ4n) is 1.12. The van der Waals surface area contributed by atoms with E-state index in [-0.39, 0.29) is 6.23 Å². The monoisotopic (exact) mass is 165 g/mol. The highest BCUT2D eigenvalue weighted by Gasteiger charge is 2.01. The predicted molar refractivity (Wildman–Crippen MR) is 49.7 cm³/mol. The van der Waals surface area contributed by atoms with Gasteiger partial charge in [0.05, 0.1) is 0 Å². The molecule has 12 heavy (non-hydrogen) atoms. The molecule has 0 spiro atoms. The molecule has 0 heterocycles. The second-order valence-corrected chi connectivity index (χ2v) is 2.68. The van der Waals surface area contributed by atoms with Gasteiger partial charge in [-0.3, -0.25) is 0 Å². The van der Waals surface area contributed by atoms with E-state index in [1.165, 1.54) is 5.56 Å². The fraction of sp³-hybridized carbons (Fsp3) is 0.400. The molecule has 2 heteroatoms. The number of hydrogen-bond donors (Lipinski definition) is 1. The highest BCUT2D eigenvalue weighted by molar-refractivity contribution is 5.15. The maximum atomic E-state index is 5.69. The second kappa shape index (κ2) is 4.91. The van der Waals surface area contributed by atoms with Crippen molar-refractivity contribution in [1.82, 2.24) is 0 Å². The zero-order valence-corrected chi connectivity index (χ0v) is 7.36. The molecule has 0 saturated carbocycles. The SMILES string of the molecule is CCO[C@@H](N)Cc1ccccc1. The Labute approximate surface area is 73.3 Å². The molecular weight excluding hydrogens is 150 g/mol. The molecule has 0 fully saturated rings. The Hall–Kier alpha value is -0.860. The summed E-state index contributed by atoms with van der Waals surface area (Å²) in [6.07, 6.45) is 0.617. The first-order valence-corrected chi connectivity index (χ1v) is 4.24. The maximum Gasteiger partial charge on any atom is 0.109 e. The Kier molecular flexibility index (Phi) is 3.77. The third-order valence-corrected chi connectivity index (χ3v) is 1.66. The molecule has 0 unspecified atom stereocenters. The predicted octanol–water partition coefficient (Wildman–Crippen LogP) is 1.55. The minimum absolute atomic E-state index is 0.169. The maximum absolute atomic E-state index is 5.69. The Morgan fingerprint density at radius 1 is 1.33 bits per heavy atom. The third-order valence-electron chi connectivity index (χ3n) is 1.66. The molecule has 2 N–H and O–H groups in total. The van der Waals surface area contributed by atoms with Crippen LogP contribution in [0, 0.1) is 0 Å². The van der Waals surface area contributed by atoms with Crippen molar-refractivity contribution in [2.75, 3.05) is 6.61 Å². The van der Waals surface area contributed by atoms with Gasteiger partial charge in [-0.1, -0.05) is 30.3 Å². The van der Waals surface area contributed by atoms with Crippen molar-refractivity contribution in [3.63, 3.8) is 0 Å². The zero-order valence-electron chi connectivity index (χ0n) is 7.36. The minimum atomic E-state index is -0.169. The number of rotatable bonds is 4. The quantitative estimate of drug-likeness (QED) is 0.687. The van der Waals surface area contributed by atoms with E-state index in [1.54, 1.807) is 0 Å². The number of ether oxygens (including phenoxy) is 1. The molecule has 1 rings (SSSR count). The summed E-state index contributed by atoms with van der Waals surface area (Å²) in [5, 5.41) is 0. The van der Waals surface area contributed by atoms with Crippen LogP contribution in [0.25, 0.3) is 0 Å². The van der Waals surface area contributed by atoms with Crippen LogP contribution in [0.15, 0.2) is 30.3 Å². The molecule has 2 nitrogen and oxygen atoms in total. The van der Waals surface area contributed by atoms with Crippen LogP contribution in [0.5, 0.6) is 0 Å². The zero-order chi connectivity index (χ0) is 8.81. The lowest BCUT2D eigenvalue weighted by Crippen LogP contribution is -2.26. The van der Waals surface area contributed by atoms with Crippen LogP contribution in [-0.2, 0) is 11.2 Å². The van der Waals surface area contributed by atoms with Crippen molar-refractivity contribution in [3.05, 3.63) is 35.9 Å². The summed E-state index contributed by atoms with van der Waals surface area (Å²) in [7, 11) is 0. The molecule has 1 aromatic carbocycles. The molecule has 0 aliphatic carbocycles. The van der Waals surface area contributed by atoms with Gasteiger partial charge in [-0.25, -0.2) is 0 Å². The topological polar surface area (TPSA) is 35.2 Å². The molecule has 0 radical (unpaired) electrons. The highest BCUT2D eigenvalue weighted by Crippen LogP contribution is 2.01. The molecule has 0 aliphatic heterocycles. The average Bonchev–Trinajstić information content (AvgIpc) is 2.06. The fourth-order valence-corrected chi connectivity index (χ4v) is 1.12. The van der Waals surface area contributed by atoms with Crippen molar-refractivity contribution in [1.29, 1.82) is 0 Å². The van der Waals surface area contributed by atoms with Gasteiger partial charge in [0.25, 0.3) is 0 Å². The molecule has 66 valence electrons. The number of benzene rings is 1. The van der Waals surface area contributed by atoms with Gasteiger partial charge < -0.3 is 10.5 Å². The molecule has 0 amide bonds. The van der Waals surface area contributed by atoms with E-state index in [2.05, 4.69) is 12.1 Å². The normalized spacial score (nSPS) is 12.8. The second-order valence-electron chi connectivity index (χ2n) is 2.68. The number of nitrogens with two attached hydrogens (primary N) is 1. The summed E-state index contributed by atoms with van der Waals surface area (Å²) in [6.45, 7) is 2.62. The first-order chi connectivity index (χ1) is 5.83. The van der Waals surface area contributed by atoms with E-state index >= 15 is 0 Å². The standard InChI is InChI=1S/C10H15NO/c1-2-12-10(11)8-9-6-4-3-5-7-9/h3-7,10H,2,8,11H2,1H3/t10-/m1/s1. The van der Waals surface area contributed by atoms with E-state index in [0.717, 1.165) is 6.42 Å². The first-order valence-electron chi connectivity index (χ1n) is 4.24. The lowest BCUT2D eigenvalue weighted by Gasteiger charge is -2.10. The van der Waals surface area contributed by atoms with Crippen LogP contribution < -0.4 is 5.73 Å². The Morgan fingerprint density at radius 2 is 2.00 bits per heavy atom. The van der Waals surface area contributed by atoms with E-state index in [4.69, 9.17) is 10.5 Å². The van der Waals surface area contributed by atoms with Crippen LogP contribution in [0.1, 0.15) is 12.5 Å². The lowest BCUT2D eigenvalue weighted by atomic mass is 10.1. The highest BCUT2D eigenvalue weighted by atomic mass is 16.5. The Bertz CT molecular complexity index is 210. The summed E-state index contributed by atoms with van der Waals surface area (Å²) in [4.78, 5) is 0. The van der Waals surface area contributed by atoms with Gasteiger partial charge in [0.2, 0.25) is 0 Å². The minimum Gasteiger partial charge on any atom is -0.364 e. The summed E-state index contributed by atoms with van der Waals surface area (Å²) >= 11 is 0. The van der Waals surface area contributed by atoms with Crippen LogP contribution in [-0.4, -0.2) is 12.8 Å². The van der Waals surface area contributed by atoms with Crippen LogP contribution >= 0.6 is 0 Å². The van der Waals surface area contributed by atoms with Gasteiger partial charge in [-0.05, 0) is 12.5 Å². The van der Waals surface area contributed by atoms with E-state index in [9.17, 15) is 0 Å². The molecule has 1 atom stereocenters. The first kappa shape index (κ1) is 9.23. The van der Waals surface area contributed by atoms with Crippen molar-refractivity contribution >= 4 is 0 Å². The van der Waals surface area contributed by atoms with E-state index in [1.807, 2.05) is 25.1 Å². The number of hydrogen-bond acceptors (Lipinski definition) is 2. The van der Waals surface area contributed by atoms with Crippen molar-refractivity contribution < 1.29 is 4.74 Å². The molecule has 1 aromatic rings. The summed E-state index contributed by atoms with van der Waals surface area (Å²) in [6, 6.07) is 10.1. The average molecular weight is 165 g/mol. The Balaban J connectivity index is 2.41. The molecule has 0 saturated heterocycles. The van der Waals surface area contributed by atoms with Gasteiger partial charge in [-0.15, -0.1) is 0 Å². The molecule has 0 aliphatic rings. The molecular formula is C10H15NO. The third kappa shape index (κ3) is 3.03. The van der Waals surface area contributed by atoms with Crippen molar-refractivity contribution in [2.24, 2.45) is 5.73 Å². The Morgan fingerprint density at radius 3 is 2.58 bits per heavy atom. The largest absolute Gasteiger partial charge is 0.364 e. The van der Waals surface area contributed by atoms with Crippen molar-refractivity contribution in [2.45, 2.75) is 19.6 Å². The smallest absolute Gasteiger partial charge is 0.109 e. The van der Waals surface area contributed by atoms with E-state index in [0.29, 0.717) is 6.61 Å². The summed E-state index contributed by atoms with van der Waals surface area (Å²) < 4.78 is 5.22. The van der Waals surface area contributed by atoms with Crippen LogP contribution in [0.2, 0.25) is 0 Å². The van der Waals surface area contributed by atoms with Gasteiger partial charge in [0, 0.05) is 13.0 Å². The van der Waals surface area contributed by atoms with Gasteiger partial charge in [0.15, 0.2) is 0 Å². The van der Waals surface area contributed by atoms with Gasteiger partial charge in [-0.2, -0.15) is 0 Å². The van der Waals surface area contributed by atoms with Gasteiger partial charge in [0.1, 0.15) is 6.23 Å². The van der Waals surface area contributed by atoms with Crippen molar-refractivity contribution in [3.8, 4) is 0 Å². The summed E-state index contributed by atoms with van der Waals surface area (Å²) in [5.41, 5.74) is 6.91. The van der Waals surface area contributed by atoms with Crippen LogP contribution in [0.3, 0.4) is 0 Å². The van der Waals surface area contributed by atoms with Gasteiger partial charge >= 0.3 is 0 Å². The lowest BCUT2D eigenvalue weighted by molar-refractivity contribution is 0.0681.